The van der Waals surface area contributed by atoms with E-state index < -0.39 is 32.3 Å². The van der Waals surface area contributed by atoms with Gasteiger partial charge in [0.2, 0.25) is 0 Å². The van der Waals surface area contributed by atoms with Crippen LogP contribution < -0.4 is 41.5 Å². The van der Waals surface area contributed by atoms with E-state index in [-0.39, 0.29) is 19.8 Å². The Balaban J connectivity index is 0.000000124. The van der Waals surface area contributed by atoms with E-state index in [1.54, 1.807) is 0 Å². The maximum absolute atomic E-state index is 3.87. The molecule has 0 aliphatic carbocycles. The molecule has 0 aliphatic heterocycles. The van der Waals surface area contributed by atoms with Crippen molar-refractivity contribution in [3.05, 3.63) is 521 Å². The SMILES string of the molecule is C=Cc1ccc(-c2ccc([Si](C)(C)c3ccc(-c4ccc(-n5c6ccccc6c6ccccc65)cc4)cc3)cc2)cc1.C=Cc1ccc([Si](C)(C)c2ccc(-n3c4ccccc4c4ccccc43)cc2)cc1.CCc1ccc(-c2ccc([Si](C)(C)c3ccc(-c4ccc(-n5c6ccccc6c6ccccc65)cc4)cc3)cc2)cc1.CCc1ccc([Si](C)(C)c2ccc(-n3c4ccccc4c4ccccc43)cc2)cc1.[PH-2].[PH2-]. The van der Waals surface area contributed by atoms with Gasteiger partial charge in [-0.05, 0) is 177 Å². The molecule has 0 fully saturated rings. The molecule has 24 aromatic rings. The van der Waals surface area contributed by atoms with Crippen molar-refractivity contribution >= 4 is 193 Å². The lowest BCUT2D eigenvalue weighted by Gasteiger charge is -2.24. The molecule has 4 heterocycles. The normalized spacial score (nSPS) is 11.6. The first-order valence-electron chi connectivity index (χ1n) is 50.7. The summed E-state index contributed by atoms with van der Waals surface area (Å²) in [5, 5.41) is 22.0. The Morgan fingerprint density at radius 3 is 0.493 bits per heavy atom. The van der Waals surface area contributed by atoms with Crippen LogP contribution in [0, 0.1) is 0 Å². The fraction of sp³-hybridized carbons (Fsp3) is 0.0882. The van der Waals surface area contributed by atoms with Crippen molar-refractivity contribution in [3.63, 3.8) is 0 Å². The van der Waals surface area contributed by atoms with Gasteiger partial charge in [0.15, 0.2) is 0 Å². The van der Waals surface area contributed by atoms with Crippen molar-refractivity contribution in [1.82, 2.24) is 18.3 Å². The molecule has 0 saturated heterocycles. The van der Waals surface area contributed by atoms with E-state index >= 15 is 0 Å². The zero-order chi connectivity index (χ0) is 98.8. The zero-order valence-electron chi connectivity index (χ0n) is 85.0. The lowest BCUT2D eigenvalue weighted by molar-refractivity contribution is 1.14. The second-order valence-corrected chi connectivity index (χ2v) is 57.8. The highest BCUT2D eigenvalue weighted by molar-refractivity contribution is 7.02. The summed E-state index contributed by atoms with van der Waals surface area (Å²) in [5.41, 5.74) is 29.9. The number of para-hydroxylation sites is 8. The molecule has 24 rings (SSSR count). The highest BCUT2D eigenvalue weighted by atomic mass is 31.0. The molecule has 20 aromatic carbocycles. The van der Waals surface area contributed by atoms with Gasteiger partial charge < -0.3 is 38.1 Å². The highest BCUT2D eigenvalue weighted by Gasteiger charge is 2.31. The molecule has 0 spiro atoms. The van der Waals surface area contributed by atoms with E-state index in [4.69, 9.17) is 0 Å². The molecular formula is C136H123N4P2Si4-3. The van der Waals surface area contributed by atoms with Crippen LogP contribution in [0.2, 0.25) is 52.4 Å². The van der Waals surface area contributed by atoms with Crippen molar-refractivity contribution in [2.45, 2.75) is 79.1 Å². The predicted molar refractivity (Wildman–Crippen MR) is 655 cm³/mol. The van der Waals surface area contributed by atoms with Crippen LogP contribution in [-0.2, 0) is 12.8 Å². The van der Waals surface area contributed by atoms with E-state index in [1.165, 1.54) is 213 Å². The molecule has 0 N–H and O–H groups in total. The minimum absolute atomic E-state index is 0. The third kappa shape index (κ3) is 19.5. The first kappa shape index (κ1) is 99.5. The maximum atomic E-state index is 3.87. The Labute approximate surface area is 871 Å². The first-order chi connectivity index (χ1) is 70.2. The average molecular weight is 1990 g/mol. The standard InChI is InChI=1S/C40H35NSi.C40H33NSi.C28H27NSi.C28H25NSi.H2P.HP/c2*1-4-29-13-15-30(16-14-29)32-19-25-35(26-20-32)42(2,3)36-27-21-33(22-28-36)31-17-23-34(24-18-31)41-39-11-7-5-9-37(39)38-10-6-8-12-40(38)41;2*1-4-21-13-17-23(18-14-21)30(2,3)24-19-15-22(16-20-24)29-27-11-7-5-9-25(27)26-10-6-8-12-28(26)29;;/h5-28H,4H2,1-3H3;4-28H,1H2,2-3H3;5-20H,4H2,1-3H3;4-20H,1H2,2-3H3;1H2;1H/q;;;;-1;-2. The van der Waals surface area contributed by atoms with Crippen LogP contribution in [0.5, 0.6) is 0 Å². The average Bonchev–Trinajstić information content (AvgIpc) is 1.61. The largest absolute Gasteiger partial charge is 1.51 e. The third-order valence-corrected chi connectivity index (χ3v) is 44.7. The Kier molecular flexibility index (Phi) is 29.1. The molecule has 0 bridgehead atoms. The molecule has 0 amide bonds. The lowest BCUT2D eigenvalue weighted by atomic mass is 10.0. The second-order valence-electron chi connectivity index (χ2n) is 40.2. The summed E-state index contributed by atoms with van der Waals surface area (Å²) in [5.74, 6) is 0. The number of hydrogen-bond acceptors (Lipinski definition) is 0. The Morgan fingerprint density at radius 2 is 0.308 bits per heavy atom. The highest BCUT2D eigenvalue weighted by Crippen LogP contribution is 2.39. The summed E-state index contributed by atoms with van der Waals surface area (Å²) in [6.45, 7) is 31.7. The summed E-state index contributed by atoms with van der Waals surface area (Å²) in [6, 6.07) is 179. The van der Waals surface area contributed by atoms with Crippen LogP contribution in [-0.4, -0.2) is 50.6 Å². The molecule has 0 aliphatic rings. The van der Waals surface area contributed by atoms with Gasteiger partial charge >= 0.3 is 0 Å². The number of hydrogen-bond donors (Lipinski definition) is 0. The Morgan fingerprint density at radius 1 is 0.178 bits per heavy atom. The van der Waals surface area contributed by atoms with Crippen molar-refractivity contribution in [1.29, 1.82) is 0 Å². The van der Waals surface area contributed by atoms with E-state index in [2.05, 4.69) is 583 Å². The summed E-state index contributed by atoms with van der Waals surface area (Å²) in [7, 11) is -7.12. The minimum atomic E-state index is -1.83. The van der Waals surface area contributed by atoms with Gasteiger partial charge in [-0.1, -0.05) is 521 Å². The van der Waals surface area contributed by atoms with Crippen molar-refractivity contribution in [2.75, 3.05) is 0 Å². The second kappa shape index (κ2) is 42.6. The van der Waals surface area contributed by atoms with Gasteiger partial charge in [-0.2, -0.15) is 0 Å². The molecule has 10 heteroatoms. The molecule has 716 valence electrons. The topological polar surface area (TPSA) is 19.7 Å². The van der Waals surface area contributed by atoms with Crippen LogP contribution in [0.25, 0.3) is 167 Å². The van der Waals surface area contributed by atoms with Gasteiger partial charge in [-0.25, -0.2) is 0 Å². The molecular weight excluding hydrogens is 1860 g/mol. The smallest absolute Gasteiger partial charge is 0.112 e. The number of aromatic nitrogens is 4. The molecule has 4 nitrogen and oxygen atoms in total. The summed E-state index contributed by atoms with van der Waals surface area (Å²) >= 11 is 0. The van der Waals surface area contributed by atoms with Crippen LogP contribution in [0.1, 0.15) is 36.1 Å². The van der Waals surface area contributed by atoms with Crippen LogP contribution >= 0.6 is 19.8 Å². The van der Waals surface area contributed by atoms with Crippen molar-refractivity contribution in [3.8, 4) is 67.3 Å². The molecule has 0 unspecified atom stereocenters. The molecule has 0 atom stereocenters. The van der Waals surface area contributed by atoms with E-state index in [0.29, 0.717) is 0 Å². The van der Waals surface area contributed by atoms with Crippen LogP contribution in [0.3, 0.4) is 0 Å². The van der Waals surface area contributed by atoms with Gasteiger partial charge in [0.1, 0.15) is 32.3 Å². The monoisotopic (exact) mass is 1990 g/mol. The number of fused-ring (bicyclic) bond motifs is 12. The number of nitrogens with zero attached hydrogens (tertiary/aromatic N) is 4. The molecule has 4 aromatic heterocycles. The fourth-order valence-electron chi connectivity index (χ4n) is 21.4. The van der Waals surface area contributed by atoms with Gasteiger partial charge in [0.05, 0.1) is 44.1 Å². The van der Waals surface area contributed by atoms with Crippen LogP contribution in [0.15, 0.2) is 498 Å². The van der Waals surface area contributed by atoms with Gasteiger partial charge in [0, 0.05) is 65.8 Å². The summed E-state index contributed by atoms with van der Waals surface area (Å²) in [4.78, 5) is 0. The van der Waals surface area contributed by atoms with E-state index in [1.807, 2.05) is 12.2 Å². The third-order valence-electron chi connectivity index (χ3n) is 30.5. The fourth-order valence-corrected chi connectivity index (χ4v) is 30.7. The Bertz CT molecular complexity index is 8550. The zero-order valence-corrected chi connectivity index (χ0v) is 91.2. The molecule has 0 radical (unpaired) electrons. The number of aryl methyl sites for hydroxylation is 2. The number of rotatable bonds is 20. The van der Waals surface area contributed by atoms with Crippen molar-refractivity contribution in [2.24, 2.45) is 0 Å². The maximum Gasteiger partial charge on any atom is 0.112 e. The first-order valence-corrected chi connectivity index (χ1v) is 62.7. The van der Waals surface area contributed by atoms with E-state index in [0.717, 1.165) is 18.4 Å². The molecule has 146 heavy (non-hydrogen) atoms. The molecule has 0 saturated carbocycles. The summed E-state index contributed by atoms with van der Waals surface area (Å²) in [6.07, 6.45) is 5.95. The van der Waals surface area contributed by atoms with Gasteiger partial charge in [0.25, 0.3) is 0 Å². The van der Waals surface area contributed by atoms with Crippen molar-refractivity contribution < 1.29 is 0 Å². The number of benzene rings is 20. The van der Waals surface area contributed by atoms with Crippen LogP contribution in [0.4, 0.5) is 0 Å². The minimum Gasteiger partial charge on any atom is -1.51 e. The quantitative estimate of drug-likeness (QED) is 0.0535. The Hall–Kier alpha value is -15.2. The van der Waals surface area contributed by atoms with Gasteiger partial charge in [-0.3, -0.25) is 0 Å². The predicted octanol–water partition coefficient (Wildman–Crippen LogP) is 32.4. The van der Waals surface area contributed by atoms with Gasteiger partial charge in [-0.15, -0.1) is 0 Å². The lowest BCUT2D eigenvalue weighted by Crippen LogP contribution is -2.52. The summed E-state index contributed by atoms with van der Waals surface area (Å²) < 4.78 is 9.51. The van der Waals surface area contributed by atoms with E-state index in [9.17, 15) is 0 Å².